The average Bonchev–Trinajstić information content (AvgIpc) is 2.60. The Bertz CT molecular complexity index is 1000. The Hall–Kier alpha value is -2.73. The van der Waals surface area contributed by atoms with E-state index in [-0.39, 0.29) is 29.1 Å². The van der Waals surface area contributed by atoms with Crippen LogP contribution in [0.2, 0.25) is 5.02 Å². The molecule has 25 heavy (non-hydrogen) atoms. The summed E-state index contributed by atoms with van der Waals surface area (Å²) in [5.74, 6) is -1.36. The van der Waals surface area contributed by atoms with Gasteiger partial charge in [0.2, 0.25) is 0 Å². The van der Waals surface area contributed by atoms with Gasteiger partial charge in [-0.05, 0) is 37.3 Å². The highest BCUT2D eigenvalue weighted by atomic mass is 35.5. The van der Waals surface area contributed by atoms with Crippen LogP contribution < -0.4 is 5.56 Å². The largest absolute Gasteiger partial charge is 0.462 e. The summed E-state index contributed by atoms with van der Waals surface area (Å²) < 4.78 is 20.0. The number of halogens is 2. The second-order valence-corrected chi connectivity index (χ2v) is 5.66. The van der Waals surface area contributed by atoms with Crippen molar-refractivity contribution in [3.8, 4) is 0 Å². The van der Waals surface area contributed by atoms with E-state index >= 15 is 0 Å². The van der Waals surface area contributed by atoms with Gasteiger partial charge in [-0.2, -0.15) is 0 Å². The fourth-order valence-electron chi connectivity index (χ4n) is 2.58. The summed E-state index contributed by atoms with van der Waals surface area (Å²) in [5.41, 5.74) is 0.119. The number of aromatic nitrogens is 2. The topological polar surface area (TPSA) is 61.2 Å². The number of esters is 1. The fourth-order valence-corrected chi connectivity index (χ4v) is 2.89. The van der Waals surface area contributed by atoms with Gasteiger partial charge < -0.3 is 9.30 Å². The van der Waals surface area contributed by atoms with Crippen LogP contribution in [0.1, 0.15) is 23.0 Å². The average molecular weight is 361 g/mol. The Balaban J connectivity index is 2.30. The Morgan fingerprint density at radius 3 is 2.80 bits per heavy atom. The normalized spacial score (nSPS) is 10.8. The van der Waals surface area contributed by atoms with Crippen LogP contribution in [-0.2, 0) is 11.3 Å². The molecule has 0 fully saturated rings. The minimum atomic E-state index is -0.835. The lowest BCUT2D eigenvalue weighted by molar-refractivity contribution is 0.0524. The second kappa shape index (κ2) is 7.03. The number of hydrogen-bond acceptors (Lipinski definition) is 4. The van der Waals surface area contributed by atoms with Crippen molar-refractivity contribution < 1.29 is 13.9 Å². The van der Waals surface area contributed by atoms with Crippen LogP contribution in [0.15, 0.2) is 47.4 Å². The lowest BCUT2D eigenvalue weighted by Gasteiger charge is -2.14. The maximum atomic E-state index is 13.7. The van der Waals surface area contributed by atoms with E-state index in [0.717, 1.165) is 0 Å². The molecule has 0 saturated carbocycles. The SMILES string of the molecule is CCOC(=O)c1c(Cl)c2cc(F)ccc2n(Cc2ccccn2)c1=O. The molecule has 0 unspecified atom stereocenters. The first kappa shape index (κ1) is 17.1. The highest BCUT2D eigenvalue weighted by molar-refractivity contribution is 6.38. The van der Waals surface area contributed by atoms with Gasteiger partial charge in [-0.15, -0.1) is 0 Å². The highest BCUT2D eigenvalue weighted by Crippen LogP contribution is 2.26. The van der Waals surface area contributed by atoms with Crippen LogP contribution in [-0.4, -0.2) is 22.1 Å². The standard InChI is InChI=1S/C18H14ClFN2O3/c1-2-25-18(24)15-16(19)13-9-11(20)6-7-14(13)22(17(15)23)10-12-5-3-4-8-21-12/h3-9H,2,10H2,1H3. The van der Waals surface area contributed by atoms with Gasteiger partial charge in [0.05, 0.1) is 29.4 Å². The van der Waals surface area contributed by atoms with E-state index in [0.29, 0.717) is 11.2 Å². The molecule has 0 radical (unpaired) electrons. The summed E-state index contributed by atoms with van der Waals surface area (Å²) >= 11 is 6.23. The molecule has 3 rings (SSSR count). The number of ether oxygens (including phenoxy) is 1. The van der Waals surface area contributed by atoms with E-state index < -0.39 is 17.3 Å². The van der Waals surface area contributed by atoms with Crippen LogP contribution in [0.3, 0.4) is 0 Å². The van der Waals surface area contributed by atoms with Crippen molar-refractivity contribution in [2.45, 2.75) is 13.5 Å². The van der Waals surface area contributed by atoms with Gasteiger partial charge in [0, 0.05) is 11.6 Å². The van der Waals surface area contributed by atoms with Crippen LogP contribution in [0.5, 0.6) is 0 Å². The van der Waals surface area contributed by atoms with Gasteiger partial charge in [0.15, 0.2) is 0 Å². The predicted molar refractivity (Wildman–Crippen MR) is 92.5 cm³/mol. The Kier molecular flexibility index (Phi) is 4.81. The lowest BCUT2D eigenvalue weighted by atomic mass is 10.1. The Morgan fingerprint density at radius 2 is 2.12 bits per heavy atom. The number of carbonyl (C=O) groups is 1. The molecule has 5 nitrogen and oxygen atoms in total. The maximum absolute atomic E-state index is 13.7. The molecule has 0 aliphatic carbocycles. The molecule has 0 amide bonds. The molecule has 0 bridgehead atoms. The third-order valence-electron chi connectivity index (χ3n) is 3.69. The van der Waals surface area contributed by atoms with E-state index in [9.17, 15) is 14.0 Å². The van der Waals surface area contributed by atoms with E-state index in [1.54, 1.807) is 31.3 Å². The summed E-state index contributed by atoms with van der Waals surface area (Å²) in [6.07, 6.45) is 1.60. The van der Waals surface area contributed by atoms with Crippen LogP contribution in [0, 0.1) is 5.82 Å². The van der Waals surface area contributed by atoms with Gasteiger partial charge in [-0.25, -0.2) is 9.18 Å². The molecule has 1 aromatic carbocycles. The lowest BCUT2D eigenvalue weighted by Crippen LogP contribution is -2.29. The molecule has 7 heteroatoms. The molecular formula is C18H14ClFN2O3. The number of pyridine rings is 2. The number of rotatable bonds is 4. The molecular weight excluding hydrogens is 347 g/mol. The van der Waals surface area contributed by atoms with Crippen molar-refractivity contribution >= 4 is 28.5 Å². The van der Waals surface area contributed by atoms with Crippen molar-refractivity contribution in [2.24, 2.45) is 0 Å². The first-order chi connectivity index (χ1) is 12.0. The molecule has 128 valence electrons. The maximum Gasteiger partial charge on any atom is 0.345 e. The molecule has 0 aliphatic heterocycles. The number of carbonyl (C=O) groups excluding carboxylic acids is 1. The van der Waals surface area contributed by atoms with E-state index in [1.165, 1.54) is 22.8 Å². The first-order valence-corrected chi connectivity index (χ1v) is 7.99. The number of fused-ring (bicyclic) bond motifs is 1. The third kappa shape index (κ3) is 3.25. The summed E-state index contributed by atoms with van der Waals surface area (Å²) in [4.78, 5) is 29.2. The second-order valence-electron chi connectivity index (χ2n) is 5.28. The van der Waals surface area contributed by atoms with Gasteiger partial charge in [-0.1, -0.05) is 17.7 Å². The molecule has 0 spiro atoms. The fraction of sp³-hybridized carbons (Fsp3) is 0.167. The first-order valence-electron chi connectivity index (χ1n) is 7.61. The molecule has 0 atom stereocenters. The van der Waals surface area contributed by atoms with Gasteiger partial charge in [0.25, 0.3) is 5.56 Å². The number of nitrogens with zero attached hydrogens (tertiary/aromatic N) is 2. The summed E-state index contributed by atoms with van der Waals surface area (Å²) in [5, 5.41) is 0.149. The quantitative estimate of drug-likeness (QED) is 0.669. The molecule has 3 aromatic rings. The van der Waals surface area contributed by atoms with Crippen molar-refractivity contribution in [1.82, 2.24) is 9.55 Å². The van der Waals surface area contributed by atoms with Crippen molar-refractivity contribution in [3.63, 3.8) is 0 Å². The Morgan fingerprint density at radius 1 is 1.32 bits per heavy atom. The van der Waals surface area contributed by atoms with Crippen molar-refractivity contribution in [2.75, 3.05) is 6.61 Å². The zero-order valence-electron chi connectivity index (χ0n) is 13.3. The zero-order chi connectivity index (χ0) is 18.0. The monoisotopic (exact) mass is 360 g/mol. The van der Waals surface area contributed by atoms with Crippen molar-refractivity contribution in [1.29, 1.82) is 0 Å². The third-order valence-corrected chi connectivity index (χ3v) is 4.08. The van der Waals surface area contributed by atoms with Crippen LogP contribution >= 0.6 is 11.6 Å². The molecule has 2 heterocycles. The smallest absolute Gasteiger partial charge is 0.345 e. The van der Waals surface area contributed by atoms with Crippen LogP contribution in [0.4, 0.5) is 4.39 Å². The van der Waals surface area contributed by atoms with Gasteiger partial charge >= 0.3 is 5.97 Å². The van der Waals surface area contributed by atoms with Crippen molar-refractivity contribution in [3.05, 3.63) is 75.0 Å². The molecule has 2 aromatic heterocycles. The predicted octanol–water partition coefficient (Wildman–Crippen LogP) is 3.41. The number of hydrogen-bond donors (Lipinski definition) is 0. The van der Waals surface area contributed by atoms with E-state index in [1.807, 2.05) is 0 Å². The van der Waals surface area contributed by atoms with E-state index in [2.05, 4.69) is 4.98 Å². The summed E-state index contributed by atoms with van der Waals surface area (Å²) in [7, 11) is 0. The van der Waals surface area contributed by atoms with Crippen LogP contribution in [0.25, 0.3) is 10.9 Å². The zero-order valence-corrected chi connectivity index (χ0v) is 14.1. The Labute approximate surface area is 147 Å². The minimum Gasteiger partial charge on any atom is -0.462 e. The molecule has 0 saturated heterocycles. The minimum absolute atomic E-state index is 0.0933. The summed E-state index contributed by atoms with van der Waals surface area (Å²) in [6.45, 7) is 1.83. The summed E-state index contributed by atoms with van der Waals surface area (Å²) in [6, 6.07) is 9.17. The van der Waals surface area contributed by atoms with Gasteiger partial charge in [-0.3, -0.25) is 9.78 Å². The highest BCUT2D eigenvalue weighted by Gasteiger charge is 2.23. The van der Waals surface area contributed by atoms with Gasteiger partial charge in [0.1, 0.15) is 11.4 Å². The van der Waals surface area contributed by atoms with E-state index in [4.69, 9.17) is 16.3 Å². The molecule has 0 aliphatic rings. The molecule has 0 N–H and O–H groups in total. The number of benzene rings is 1.